The summed E-state index contributed by atoms with van der Waals surface area (Å²) < 4.78 is 0. The summed E-state index contributed by atoms with van der Waals surface area (Å²) in [6, 6.07) is 14.5. The number of benzene rings is 4. The van der Waals surface area contributed by atoms with E-state index in [1.807, 2.05) is 42.5 Å². The number of aromatic nitrogens is 1. The number of aliphatic hydroxyl groups excluding tert-OH is 1. The number of pyridine rings is 1. The van der Waals surface area contributed by atoms with Gasteiger partial charge in [-0.05, 0) is 114 Å². The first kappa shape index (κ1) is 75.6. The number of rotatable bonds is 36. The van der Waals surface area contributed by atoms with Crippen molar-refractivity contribution in [2.24, 2.45) is 17.4 Å². The van der Waals surface area contributed by atoms with E-state index in [2.05, 4.69) is 58.2 Å². The van der Waals surface area contributed by atoms with E-state index in [1.54, 1.807) is 50.2 Å². The highest BCUT2D eigenvalue weighted by Crippen LogP contribution is 2.22. The van der Waals surface area contributed by atoms with Gasteiger partial charge in [-0.2, -0.15) is 0 Å². The molecule has 2 heterocycles. The first-order valence-electron chi connectivity index (χ1n) is 31.8. The van der Waals surface area contributed by atoms with Crippen molar-refractivity contribution < 1.29 is 68.1 Å². The zero-order valence-corrected chi connectivity index (χ0v) is 54.9. The summed E-state index contributed by atoms with van der Waals surface area (Å²) in [6.45, 7) is 3.85. The smallest absolute Gasteiger partial charge is 0.326 e. The summed E-state index contributed by atoms with van der Waals surface area (Å²) in [6.07, 6.45) is 2.76. The molecule has 0 unspecified atom stereocenters. The third-order valence-corrected chi connectivity index (χ3v) is 16.2. The maximum atomic E-state index is 14.8. The number of hydrogen-bond donors (Lipinski definition) is 16. The number of fused-ring (bicyclic) bond motifs is 1. The quantitative estimate of drug-likeness (QED) is 0.0148. The Balaban J connectivity index is 1.25. The second-order valence-electron chi connectivity index (χ2n) is 24.1. The fraction of sp³-hybridized carbons (Fsp3) is 0.418. The molecule has 0 aliphatic carbocycles. The van der Waals surface area contributed by atoms with Crippen LogP contribution in [-0.2, 0) is 73.6 Å². The van der Waals surface area contributed by atoms with Crippen LogP contribution in [0.4, 0.5) is 4.79 Å². The number of primary amides is 1. The van der Waals surface area contributed by atoms with E-state index < -0.39 is 126 Å². The summed E-state index contributed by atoms with van der Waals surface area (Å²) in [5.74, 6) is -9.69. The van der Waals surface area contributed by atoms with Crippen LogP contribution >= 0.6 is 11.6 Å². The largest absolute Gasteiger partial charge is 0.508 e. The number of hydrogen-bond acceptors (Lipinski definition) is 15. The van der Waals surface area contributed by atoms with Crippen molar-refractivity contribution in [2.75, 3.05) is 26.2 Å². The van der Waals surface area contributed by atoms with Gasteiger partial charge in [0.2, 0.25) is 53.2 Å². The number of nitrogens with zero attached hydrogens (tertiary/aromatic N) is 2. The zero-order valence-electron chi connectivity index (χ0n) is 54.1. The molecular formula is C67H86ClN15O14. The van der Waals surface area contributed by atoms with Crippen molar-refractivity contribution in [2.45, 2.75) is 146 Å². The lowest BCUT2D eigenvalue weighted by molar-refractivity contribution is -0.149. The maximum absolute atomic E-state index is 14.8. The predicted octanol–water partition coefficient (Wildman–Crippen LogP) is 0.588. The van der Waals surface area contributed by atoms with E-state index in [-0.39, 0.29) is 101 Å². The van der Waals surface area contributed by atoms with Gasteiger partial charge in [0.05, 0.1) is 6.61 Å². The normalized spacial score (nSPS) is 15.1. The highest BCUT2D eigenvalue weighted by molar-refractivity contribution is 6.30. The van der Waals surface area contributed by atoms with Crippen LogP contribution in [0.25, 0.3) is 10.8 Å². The molecule has 18 N–H and O–H groups in total. The van der Waals surface area contributed by atoms with Gasteiger partial charge in [-0.15, -0.1) is 0 Å². The van der Waals surface area contributed by atoms with Crippen molar-refractivity contribution in [1.82, 2.24) is 63.1 Å². The molecule has 1 aliphatic heterocycles. The molecule has 0 spiro atoms. The standard InChI is InChI=1S/C67H86ClN15O14/c1-38(2)30-50(58(88)77-49(14-8-27-73-66(69)70)64(94)83-29-9-15-56(83)65(95)96)78-57(87)48(13-7-28-74-67(71)97)76-60(90)52(33-41-19-24-47(86)25-20-41)81-63(93)55(37-84)82-62(92)54(35-43-10-6-26-72-36-43)80-61(91)53(32-40-17-22-46(68)23-18-40)79-59(89)51(75-39(3)85)34-42-16-21-44-11-4-5-12-45(44)31-42/h4-6,10-12,16-26,31,36,38,48-56,84,86H,7-9,13-15,27-30,32-35,37H2,1-3H3,(H,75,85)(H,76,90)(H,77,88)(H,78,87)(H,79,89)(H,80,91)(H,81,93)(H,82,92)(H,95,96)(H4,69,70,73)(H3,71,74,97)/t48-,49+,50+,51-,52+,53-,54-,55+,56+/m1/s1. The number of carbonyl (C=O) groups excluding carboxylic acids is 10. The summed E-state index contributed by atoms with van der Waals surface area (Å²) >= 11 is 6.22. The van der Waals surface area contributed by atoms with Gasteiger partial charge >= 0.3 is 12.0 Å². The molecule has 0 radical (unpaired) electrons. The SMILES string of the molecule is CC(=O)N[C@H](Cc1ccc2ccccc2c1)C(=O)N[C@H](Cc1ccc(Cl)cc1)C(=O)N[C@H](Cc1cccnc1)C(=O)N[C@@H](CO)C(=O)N[C@@H](Cc1ccc(O)cc1)C(=O)N[C@H](CCCNC(N)=O)C(=O)N[C@@H](CC(C)C)C(=O)N[C@@H](CCCNC(=N)N)C(=O)N1CCC[C@H]1C(=O)O. The van der Waals surface area contributed by atoms with Crippen molar-refractivity contribution in [3.05, 3.63) is 143 Å². The fourth-order valence-electron chi connectivity index (χ4n) is 11.0. The third-order valence-electron chi connectivity index (χ3n) is 15.9. The number of aromatic hydroxyl groups is 1. The number of carboxylic acid groups (broad SMARTS) is 1. The molecule has 97 heavy (non-hydrogen) atoms. The Morgan fingerprint density at radius 1 is 0.577 bits per heavy atom. The Kier molecular flexibility index (Phi) is 29.3. The molecule has 4 aromatic carbocycles. The van der Waals surface area contributed by atoms with Crippen LogP contribution in [0.5, 0.6) is 5.75 Å². The number of urea groups is 1. The number of likely N-dealkylation sites (tertiary alicyclic amines) is 1. The minimum atomic E-state index is -1.84. The first-order chi connectivity index (χ1) is 46.3. The lowest BCUT2D eigenvalue weighted by Crippen LogP contribution is -2.61. The number of guanidine groups is 1. The summed E-state index contributed by atoms with van der Waals surface area (Å²) in [4.78, 5) is 158. The number of aliphatic hydroxyl groups is 1. The van der Waals surface area contributed by atoms with Gasteiger partial charge in [0.15, 0.2) is 5.96 Å². The Labute approximate surface area is 565 Å². The van der Waals surface area contributed by atoms with E-state index in [0.717, 1.165) is 10.8 Å². The van der Waals surface area contributed by atoms with Gasteiger partial charge in [-0.3, -0.25) is 53.5 Å². The minimum Gasteiger partial charge on any atom is -0.508 e. The molecule has 1 aromatic heterocycles. The number of nitrogens with one attached hydrogen (secondary N) is 11. The van der Waals surface area contributed by atoms with E-state index in [0.29, 0.717) is 33.7 Å². The van der Waals surface area contributed by atoms with E-state index in [4.69, 9.17) is 28.5 Å². The fourth-order valence-corrected chi connectivity index (χ4v) is 11.2. The number of amides is 11. The average Bonchev–Trinajstić information content (AvgIpc) is 1.55. The van der Waals surface area contributed by atoms with Crippen LogP contribution in [0, 0.1) is 11.3 Å². The second kappa shape index (κ2) is 37.6. The van der Waals surface area contributed by atoms with Gasteiger partial charge in [0.25, 0.3) is 0 Å². The number of halogens is 1. The van der Waals surface area contributed by atoms with Gasteiger partial charge in [-0.25, -0.2) is 9.59 Å². The van der Waals surface area contributed by atoms with Crippen molar-refractivity contribution in [1.29, 1.82) is 5.41 Å². The van der Waals surface area contributed by atoms with Crippen LogP contribution in [0.1, 0.15) is 88.0 Å². The van der Waals surface area contributed by atoms with Crippen molar-refractivity contribution in [3.63, 3.8) is 0 Å². The third kappa shape index (κ3) is 24.7. The Morgan fingerprint density at radius 3 is 1.60 bits per heavy atom. The Morgan fingerprint density at radius 2 is 1.05 bits per heavy atom. The average molecular weight is 1360 g/mol. The lowest BCUT2D eigenvalue weighted by Gasteiger charge is -2.30. The highest BCUT2D eigenvalue weighted by Gasteiger charge is 2.40. The summed E-state index contributed by atoms with van der Waals surface area (Å²) in [5, 5.41) is 66.9. The van der Waals surface area contributed by atoms with E-state index >= 15 is 0 Å². The number of carbonyl (C=O) groups is 11. The van der Waals surface area contributed by atoms with E-state index in [1.165, 1.54) is 48.5 Å². The number of phenols is 1. The van der Waals surface area contributed by atoms with Crippen LogP contribution in [0.15, 0.2) is 116 Å². The second-order valence-corrected chi connectivity index (χ2v) is 24.5. The molecule has 6 rings (SSSR count). The molecule has 29 nitrogen and oxygen atoms in total. The van der Waals surface area contributed by atoms with E-state index in [9.17, 15) is 68.1 Å². The minimum absolute atomic E-state index is 0.00938. The molecule has 30 heteroatoms. The van der Waals surface area contributed by atoms with Crippen molar-refractivity contribution >= 4 is 93.5 Å². The number of nitrogens with two attached hydrogens (primary N) is 2. The van der Waals surface area contributed by atoms with Crippen LogP contribution < -0.4 is 64.6 Å². The zero-order chi connectivity index (χ0) is 70.7. The van der Waals surface area contributed by atoms with Gasteiger partial charge in [0, 0.05) is 69.7 Å². The van der Waals surface area contributed by atoms with Crippen LogP contribution in [-0.4, -0.2) is 177 Å². The Hall–Kier alpha value is -10.4. The van der Waals surface area contributed by atoms with Crippen molar-refractivity contribution in [3.8, 4) is 5.75 Å². The molecular weight excluding hydrogens is 1270 g/mol. The van der Waals surface area contributed by atoms with Crippen LogP contribution in [0.2, 0.25) is 5.02 Å². The highest BCUT2D eigenvalue weighted by atomic mass is 35.5. The molecule has 5 aromatic rings. The number of phenolic OH excluding ortho intramolecular Hbond substituents is 1. The monoisotopic (exact) mass is 1360 g/mol. The summed E-state index contributed by atoms with van der Waals surface area (Å²) in [5.41, 5.74) is 12.8. The number of carboxylic acids is 1. The van der Waals surface area contributed by atoms with Crippen LogP contribution in [0.3, 0.4) is 0 Å². The number of aliphatic carboxylic acids is 1. The van der Waals surface area contributed by atoms with Gasteiger partial charge < -0.3 is 84.9 Å². The molecule has 11 amide bonds. The molecule has 520 valence electrons. The molecule has 1 aliphatic rings. The Bertz CT molecular complexity index is 3570. The topological polar surface area (TPSA) is 461 Å². The molecule has 0 saturated carbocycles. The molecule has 1 fully saturated rings. The molecule has 9 atom stereocenters. The van der Waals surface area contributed by atoms with Gasteiger partial charge in [-0.1, -0.05) is 98.2 Å². The molecule has 0 bridgehead atoms. The first-order valence-corrected chi connectivity index (χ1v) is 32.2. The molecule has 1 saturated heterocycles. The maximum Gasteiger partial charge on any atom is 0.326 e. The van der Waals surface area contributed by atoms with Gasteiger partial charge in [0.1, 0.15) is 60.1 Å². The predicted molar refractivity (Wildman–Crippen MR) is 359 cm³/mol. The lowest BCUT2D eigenvalue weighted by atomic mass is 9.99. The summed E-state index contributed by atoms with van der Waals surface area (Å²) in [7, 11) is 0.